The summed E-state index contributed by atoms with van der Waals surface area (Å²) in [5.41, 5.74) is 6.02. The topological polar surface area (TPSA) is 38.5 Å². The maximum atomic E-state index is 5.75. The van der Waals surface area contributed by atoms with Gasteiger partial charge in [0.1, 0.15) is 0 Å². The van der Waals surface area contributed by atoms with Crippen molar-refractivity contribution >= 4 is 0 Å². The summed E-state index contributed by atoms with van der Waals surface area (Å²) >= 11 is 0. The van der Waals surface area contributed by atoms with Gasteiger partial charge in [-0.2, -0.15) is 0 Å². The van der Waals surface area contributed by atoms with Crippen molar-refractivity contribution in [3.63, 3.8) is 0 Å². The summed E-state index contributed by atoms with van der Waals surface area (Å²) in [4.78, 5) is 2.56. The van der Waals surface area contributed by atoms with E-state index in [0.717, 1.165) is 32.8 Å². The Morgan fingerprint density at radius 1 is 1.47 bits per heavy atom. The zero-order chi connectivity index (χ0) is 11.3. The van der Waals surface area contributed by atoms with Gasteiger partial charge in [0.2, 0.25) is 0 Å². The second-order valence-corrected chi connectivity index (χ2v) is 5.29. The van der Waals surface area contributed by atoms with Crippen LogP contribution in [0.15, 0.2) is 0 Å². The molecule has 1 atom stereocenters. The molecule has 0 aromatic carbocycles. The van der Waals surface area contributed by atoms with Crippen molar-refractivity contribution in [1.29, 1.82) is 0 Å². The minimum atomic E-state index is 0.274. The lowest BCUT2D eigenvalue weighted by atomic mass is 9.89. The molecule has 0 aliphatic carbocycles. The van der Waals surface area contributed by atoms with Gasteiger partial charge in [0.05, 0.1) is 13.2 Å². The van der Waals surface area contributed by atoms with Gasteiger partial charge in [0.15, 0.2) is 0 Å². The van der Waals surface area contributed by atoms with Crippen molar-refractivity contribution in [1.82, 2.24) is 4.90 Å². The van der Waals surface area contributed by atoms with Crippen LogP contribution in [0, 0.1) is 5.41 Å². The number of morpholine rings is 1. The fourth-order valence-electron chi connectivity index (χ4n) is 1.91. The first-order valence-electron chi connectivity index (χ1n) is 6.11. The normalized spacial score (nSPS) is 24.4. The van der Waals surface area contributed by atoms with E-state index in [1.165, 1.54) is 12.8 Å². The Morgan fingerprint density at radius 3 is 2.80 bits per heavy atom. The lowest BCUT2D eigenvalue weighted by Crippen LogP contribution is -2.46. The molecule has 0 saturated carbocycles. The molecule has 0 aromatic heterocycles. The van der Waals surface area contributed by atoms with Crippen LogP contribution in [-0.2, 0) is 4.74 Å². The van der Waals surface area contributed by atoms with Gasteiger partial charge in [-0.1, -0.05) is 20.8 Å². The van der Waals surface area contributed by atoms with Crippen LogP contribution in [0.25, 0.3) is 0 Å². The van der Waals surface area contributed by atoms with Gasteiger partial charge in [0, 0.05) is 12.6 Å². The average molecular weight is 214 g/mol. The van der Waals surface area contributed by atoms with E-state index in [2.05, 4.69) is 25.7 Å². The predicted molar refractivity (Wildman–Crippen MR) is 63.9 cm³/mol. The number of hydrogen-bond acceptors (Lipinski definition) is 3. The maximum Gasteiger partial charge on any atom is 0.0622 e. The summed E-state index contributed by atoms with van der Waals surface area (Å²) in [5, 5.41) is 0. The van der Waals surface area contributed by atoms with Crippen LogP contribution in [0.2, 0.25) is 0 Å². The lowest BCUT2D eigenvalue weighted by Gasteiger charge is -2.37. The van der Waals surface area contributed by atoms with Crippen molar-refractivity contribution in [3.05, 3.63) is 0 Å². The highest BCUT2D eigenvalue weighted by molar-refractivity contribution is 4.77. The van der Waals surface area contributed by atoms with E-state index in [0.29, 0.717) is 6.04 Å². The van der Waals surface area contributed by atoms with E-state index in [1.54, 1.807) is 0 Å². The van der Waals surface area contributed by atoms with Gasteiger partial charge in [-0.25, -0.2) is 0 Å². The Balaban J connectivity index is 2.35. The molecule has 0 radical (unpaired) electrons. The monoisotopic (exact) mass is 214 g/mol. The molecule has 0 spiro atoms. The summed E-state index contributed by atoms with van der Waals surface area (Å²) in [5.74, 6) is 0. The van der Waals surface area contributed by atoms with Crippen LogP contribution in [0.5, 0.6) is 0 Å². The van der Waals surface area contributed by atoms with Crippen LogP contribution >= 0.6 is 0 Å². The largest absolute Gasteiger partial charge is 0.378 e. The molecular formula is C12H26N2O. The first-order valence-corrected chi connectivity index (χ1v) is 6.11. The summed E-state index contributed by atoms with van der Waals surface area (Å²) in [6.45, 7) is 11.5. The van der Waals surface area contributed by atoms with E-state index < -0.39 is 0 Å². The molecular weight excluding hydrogens is 188 g/mol. The fourth-order valence-corrected chi connectivity index (χ4v) is 1.91. The van der Waals surface area contributed by atoms with Crippen LogP contribution in [-0.4, -0.2) is 43.8 Å². The Morgan fingerprint density at radius 2 is 2.20 bits per heavy atom. The molecule has 90 valence electrons. The van der Waals surface area contributed by atoms with Gasteiger partial charge >= 0.3 is 0 Å². The molecule has 0 amide bonds. The maximum absolute atomic E-state index is 5.75. The summed E-state index contributed by atoms with van der Waals surface area (Å²) in [6.07, 6.45) is 2.36. The van der Waals surface area contributed by atoms with Gasteiger partial charge in [-0.15, -0.1) is 0 Å². The molecule has 1 aliphatic heterocycles. The van der Waals surface area contributed by atoms with Gasteiger partial charge in [-0.3, -0.25) is 4.90 Å². The van der Waals surface area contributed by atoms with Crippen LogP contribution in [0.3, 0.4) is 0 Å². The van der Waals surface area contributed by atoms with E-state index in [1.807, 2.05) is 0 Å². The number of ether oxygens (including phenoxy) is 1. The van der Waals surface area contributed by atoms with E-state index in [9.17, 15) is 0 Å². The summed E-state index contributed by atoms with van der Waals surface area (Å²) < 4.78 is 5.50. The lowest BCUT2D eigenvalue weighted by molar-refractivity contribution is -0.0127. The molecule has 2 N–H and O–H groups in total. The standard InChI is InChI=1S/C12H26N2O/c1-4-11-9-15-8-7-14(11)6-5-12(2,3)10-13/h11H,4-10,13H2,1-3H3. The Bertz CT molecular complexity index is 182. The number of hydrogen-bond donors (Lipinski definition) is 1. The zero-order valence-electron chi connectivity index (χ0n) is 10.5. The van der Waals surface area contributed by atoms with Crippen LogP contribution in [0.1, 0.15) is 33.6 Å². The first kappa shape index (κ1) is 12.9. The Kier molecular flexibility index (Phi) is 5.03. The minimum Gasteiger partial charge on any atom is -0.378 e. The summed E-state index contributed by atoms with van der Waals surface area (Å²) in [6, 6.07) is 0.618. The van der Waals surface area contributed by atoms with Gasteiger partial charge in [-0.05, 0) is 31.3 Å². The molecule has 1 saturated heterocycles. The Labute approximate surface area is 94.0 Å². The SMILES string of the molecule is CCC1COCCN1CCC(C)(C)CN. The average Bonchev–Trinajstić information content (AvgIpc) is 2.27. The quantitative estimate of drug-likeness (QED) is 0.753. The van der Waals surface area contributed by atoms with Crippen molar-refractivity contribution in [2.24, 2.45) is 11.1 Å². The number of rotatable bonds is 5. The third-order valence-corrected chi connectivity index (χ3v) is 3.45. The fraction of sp³-hybridized carbons (Fsp3) is 1.00. The highest BCUT2D eigenvalue weighted by Gasteiger charge is 2.23. The molecule has 0 bridgehead atoms. The molecule has 1 unspecified atom stereocenters. The second-order valence-electron chi connectivity index (χ2n) is 5.29. The van der Waals surface area contributed by atoms with Crippen molar-refractivity contribution in [3.8, 4) is 0 Å². The predicted octanol–water partition coefficient (Wildman–Crippen LogP) is 1.47. The third-order valence-electron chi connectivity index (χ3n) is 3.45. The molecule has 1 heterocycles. The van der Waals surface area contributed by atoms with Gasteiger partial charge < -0.3 is 10.5 Å². The van der Waals surface area contributed by atoms with E-state index >= 15 is 0 Å². The van der Waals surface area contributed by atoms with E-state index in [-0.39, 0.29) is 5.41 Å². The summed E-state index contributed by atoms with van der Waals surface area (Å²) in [7, 11) is 0. The van der Waals surface area contributed by atoms with Gasteiger partial charge in [0.25, 0.3) is 0 Å². The smallest absolute Gasteiger partial charge is 0.0622 e. The van der Waals surface area contributed by atoms with Crippen molar-refractivity contribution in [2.75, 3.05) is 32.8 Å². The molecule has 1 aliphatic rings. The molecule has 3 nitrogen and oxygen atoms in total. The highest BCUT2D eigenvalue weighted by atomic mass is 16.5. The molecule has 0 aromatic rings. The number of nitrogens with zero attached hydrogens (tertiary/aromatic N) is 1. The second kappa shape index (κ2) is 5.83. The van der Waals surface area contributed by atoms with Crippen LogP contribution in [0.4, 0.5) is 0 Å². The first-order chi connectivity index (χ1) is 7.09. The van der Waals surface area contributed by atoms with Crippen molar-refractivity contribution < 1.29 is 4.74 Å². The minimum absolute atomic E-state index is 0.274. The van der Waals surface area contributed by atoms with Crippen molar-refractivity contribution in [2.45, 2.75) is 39.7 Å². The zero-order valence-corrected chi connectivity index (χ0v) is 10.5. The Hall–Kier alpha value is -0.120. The molecule has 1 fully saturated rings. The van der Waals surface area contributed by atoms with Crippen LogP contribution < -0.4 is 5.73 Å². The molecule has 3 heteroatoms. The number of nitrogens with two attached hydrogens (primary N) is 1. The third kappa shape index (κ3) is 4.09. The highest BCUT2D eigenvalue weighted by Crippen LogP contribution is 2.20. The molecule has 1 rings (SSSR count). The molecule has 15 heavy (non-hydrogen) atoms. The van der Waals surface area contributed by atoms with E-state index in [4.69, 9.17) is 10.5 Å².